The fourth-order valence-corrected chi connectivity index (χ4v) is 2.88. The molecule has 0 aromatic carbocycles. The van der Waals surface area contributed by atoms with Crippen LogP contribution >= 0.6 is 0 Å². The summed E-state index contributed by atoms with van der Waals surface area (Å²) in [5.41, 5.74) is 2.15. The van der Waals surface area contributed by atoms with Crippen LogP contribution in [0.3, 0.4) is 0 Å². The number of hydrogen-bond acceptors (Lipinski definition) is 1. The molecule has 1 heteroatoms. The predicted molar refractivity (Wildman–Crippen MR) is 54.5 cm³/mol. The zero-order valence-corrected chi connectivity index (χ0v) is 8.55. The summed E-state index contributed by atoms with van der Waals surface area (Å²) in [4.78, 5) is 0. The lowest BCUT2D eigenvalue weighted by atomic mass is 9.64. The molecule has 2 aliphatic carbocycles. The molecule has 13 heavy (non-hydrogen) atoms. The van der Waals surface area contributed by atoms with Gasteiger partial charge in [0.25, 0.3) is 0 Å². The third-order valence-corrected chi connectivity index (χ3v) is 3.97. The summed E-state index contributed by atoms with van der Waals surface area (Å²) >= 11 is 0. The number of rotatable bonds is 1. The Morgan fingerprint density at radius 3 is 3.15 bits per heavy atom. The summed E-state index contributed by atoms with van der Waals surface area (Å²) in [5.74, 6) is 0.553. The second kappa shape index (κ2) is 3.45. The van der Waals surface area contributed by atoms with Crippen LogP contribution in [-0.4, -0.2) is 11.7 Å². The third kappa shape index (κ3) is 1.67. The van der Waals surface area contributed by atoms with Crippen molar-refractivity contribution in [1.29, 1.82) is 0 Å². The summed E-state index contributed by atoms with van der Waals surface area (Å²) in [5, 5.41) is 9.14. The van der Waals surface area contributed by atoms with E-state index in [2.05, 4.69) is 13.0 Å². The minimum absolute atomic E-state index is 0.382. The van der Waals surface area contributed by atoms with Crippen LogP contribution in [-0.2, 0) is 0 Å². The van der Waals surface area contributed by atoms with Crippen LogP contribution in [0, 0.1) is 11.3 Å². The minimum Gasteiger partial charge on any atom is -0.396 e. The molecule has 1 nitrogen and oxygen atoms in total. The van der Waals surface area contributed by atoms with E-state index < -0.39 is 0 Å². The van der Waals surface area contributed by atoms with Crippen LogP contribution in [0.4, 0.5) is 0 Å². The molecule has 2 aliphatic rings. The van der Waals surface area contributed by atoms with Crippen molar-refractivity contribution in [2.75, 3.05) is 6.61 Å². The van der Waals surface area contributed by atoms with Gasteiger partial charge in [-0.2, -0.15) is 0 Å². The second-order valence-corrected chi connectivity index (χ2v) is 4.97. The first-order valence-electron chi connectivity index (χ1n) is 5.55. The molecule has 0 amide bonds. The van der Waals surface area contributed by atoms with E-state index in [4.69, 9.17) is 5.11 Å². The van der Waals surface area contributed by atoms with E-state index in [0.29, 0.717) is 17.9 Å². The van der Waals surface area contributed by atoms with Gasteiger partial charge in [-0.05, 0) is 49.9 Å². The van der Waals surface area contributed by atoms with E-state index in [0.717, 1.165) is 6.42 Å². The van der Waals surface area contributed by atoms with Crippen LogP contribution in [0.2, 0.25) is 0 Å². The van der Waals surface area contributed by atoms with Crippen molar-refractivity contribution in [3.05, 3.63) is 11.6 Å². The van der Waals surface area contributed by atoms with Gasteiger partial charge in [-0.25, -0.2) is 0 Å². The molecule has 0 aliphatic heterocycles. The topological polar surface area (TPSA) is 20.2 Å². The molecule has 0 heterocycles. The van der Waals surface area contributed by atoms with Gasteiger partial charge < -0.3 is 5.11 Å². The SMILES string of the molecule is CC12CCCC=C1CC(CO)CC2. The van der Waals surface area contributed by atoms with E-state index in [1.807, 2.05) is 0 Å². The summed E-state index contributed by atoms with van der Waals surface area (Å²) in [6, 6.07) is 0. The first-order valence-corrected chi connectivity index (χ1v) is 5.55. The molecular formula is C12H20O. The van der Waals surface area contributed by atoms with Crippen molar-refractivity contribution in [3.8, 4) is 0 Å². The Morgan fingerprint density at radius 2 is 2.38 bits per heavy atom. The van der Waals surface area contributed by atoms with Crippen molar-refractivity contribution in [1.82, 2.24) is 0 Å². The van der Waals surface area contributed by atoms with Crippen molar-refractivity contribution in [2.45, 2.75) is 45.4 Å². The zero-order chi connectivity index (χ0) is 9.31. The molecule has 1 fully saturated rings. The molecule has 0 aromatic rings. The number of hydrogen-bond donors (Lipinski definition) is 1. The molecular weight excluding hydrogens is 160 g/mol. The third-order valence-electron chi connectivity index (χ3n) is 3.97. The van der Waals surface area contributed by atoms with Crippen molar-refractivity contribution in [3.63, 3.8) is 0 Å². The fourth-order valence-electron chi connectivity index (χ4n) is 2.88. The molecule has 0 saturated heterocycles. The Kier molecular flexibility index (Phi) is 2.46. The van der Waals surface area contributed by atoms with Crippen LogP contribution in [0.1, 0.15) is 45.4 Å². The van der Waals surface area contributed by atoms with Gasteiger partial charge in [0, 0.05) is 6.61 Å². The fraction of sp³-hybridized carbons (Fsp3) is 0.833. The monoisotopic (exact) mass is 180 g/mol. The zero-order valence-electron chi connectivity index (χ0n) is 8.55. The van der Waals surface area contributed by atoms with E-state index >= 15 is 0 Å². The number of aliphatic hydroxyl groups is 1. The second-order valence-electron chi connectivity index (χ2n) is 4.97. The van der Waals surface area contributed by atoms with Gasteiger partial charge in [0.1, 0.15) is 0 Å². The van der Waals surface area contributed by atoms with Gasteiger partial charge in [0.2, 0.25) is 0 Å². The average Bonchev–Trinajstić information content (AvgIpc) is 2.16. The van der Waals surface area contributed by atoms with Crippen LogP contribution in [0.5, 0.6) is 0 Å². The normalized spacial score (nSPS) is 39.5. The molecule has 2 atom stereocenters. The standard InChI is InChI=1S/C12H20O/c1-12-6-3-2-4-11(12)8-10(9-13)5-7-12/h4,10,13H,2-3,5-9H2,1H3. The molecule has 2 rings (SSSR count). The smallest absolute Gasteiger partial charge is 0.0462 e. The lowest BCUT2D eigenvalue weighted by Gasteiger charge is -2.42. The number of fused-ring (bicyclic) bond motifs is 1. The lowest BCUT2D eigenvalue weighted by Crippen LogP contribution is -2.30. The Labute approximate surface area is 80.8 Å². The molecule has 0 radical (unpaired) electrons. The predicted octanol–water partition coefficient (Wildman–Crippen LogP) is 2.90. The van der Waals surface area contributed by atoms with E-state index in [9.17, 15) is 0 Å². The number of aliphatic hydroxyl groups excluding tert-OH is 1. The lowest BCUT2D eigenvalue weighted by molar-refractivity contribution is 0.155. The van der Waals surface area contributed by atoms with Crippen molar-refractivity contribution >= 4 is 0 Å². The summed E-state index contributed by atoms with van der Waals surface area (Å²) in [6.45, 7) is 2.79. The molecule has 0 aromatic heterocycles. The maximum atomic E-state index is 9.14. The average molecular weight is 180 g/mol. The molecule has 1 N–H and O–H groups in total. The van der Waals surface area contributed by atoms with Gasteiger partial charge in [-0.1, -0.05) is 18.6 Å². The van der Waals surface area contributed by atoms with Crippen LogP contribution in [0.15, 0.2) is 11.6 Å². The highest BCUT2D eigenvalue weighted by atomic mass is 16.3. The van der Waals surface area contributed by atoms with Gasteiger partial charge in [-0.3, -0.25) is 0 Å². The highest BCUT2D eigenvalue weighted by molar-refractivity contribution is 5.19. The molecule has 0 bridgehead atoms. The first-order chi connectivity index (χ1) is 6.24. The van der Waals surface area contributed by atoms with Gasteiger partial charge in [0.15, 0.2) is 0 Å². The van der Waals surface area contributed by atoms with Gasteiger partial charge >= 0.3 is 0 Å². The maximum Gasteiger partial charge on any atom is 0.0462 e. The molecule has 2 unspecified atom stereocenters. The van der Waals surface area contributed by atoms with Crippen molar-refractivity contribution in [2.24, 2.45) is 11.3 Å². The number of allylic oxidation sites excluding steroid dienone is 2. The summed E-state index contributed by atoms with van der Waals surface area (Å²) in [6.07, 6.45) is 10.1. The maximum absolute atomic E-state index is 9.14. The van der Waals surface area contributed by atoms with Crippen LogP contribution < -0.4 is 0 Å². The highest BCUT2D eigenvalue weighted by Gasteiger charge is 2.35. The Bertz CT molecular complexity index is 219. The molecule has 0 spiro atoms. The van der Waals surface area contributed by atoms with E-state index in [-0.39, 0.29) is 0 Å². The summed E-state index contributed by atoms with van der Waals surface area (Å²) in [7, 11) is 0. The molecule has 74 valence electrons. The molecule has 1 saturated carbocycles. The quantitative estimate of drug-likeness (QED) is 0.615. The largest absolute Gasteiger partial charge is 0.396 e. The van der Waals surface area contributed by atoms with Crippen molar-refractivity contribution < 1.29 is 5.11 Å². The Balaban J connectivity index is 2.13. The Hall–Kier alpha value is -0.300. The van der Waals surface area contributed by atoms with Crippen LogP contribution in [0.25, 0.3) is 0 Å². The van der Waals surface area contributed by atoms with Gasteiger partial charge in [0.05, 0.1) is 0 Å². The van der Waals surface area contributed by atoms with E-state index in [1.54, 1.807) is 5.57 Å². The van der Waals surface area contributed by atoms with E-state index in [1.165, 1.54) is 32.1 Å². The van der Waals surface area contributed by atoms with Gasteiger partial charge in [-0.15, -0.1) is 0 Å². The highest BCUT2D eigenvalue weighted by Crippen LogP contribution is 2.48. The Morgan fingerprint density at radius 1 is 1.54 bits per heavy atom. The summed E-state index contributed by atoms with van der Waals surface area (Å²) < 4.78 is 0. The first kappa shape index (κ1) is 9.26. The minimum atomic E-state index is 0.382.